The van der Waals surface area contributed by atoms with Gasteiger partial charge in [-0.2, -0.15) is 15.0 Å². The standard InChI is InChI=1S/C13H13N5O3.C2H6/c1-8-12(6-16-21)17-18(13(8)20)9-3-4-10(15-7-19)11(5-9)14-2;1-2/h3-5,7,14H,1,6H2,2H3,(H,15,19);1-2H3. The van der Waals surface area contributed by atoms with Gasteiger partial charge in [0.25, 0.3) is 5.91 Å². The molecule has 8 heteroatoms. The lowest BCUT2D eigenvalue weighted by Gasteiger charge is -2.15. The molecule has 0 atom stereocenters. The smallest absolute Gasteiger partial charge is 0.280 e. The first kappa shape index (κ1) is 18.0. The Kier molecular flexibility index (Phi) is 6.60. The molecule has 0 radical (unpaired) electrons. The van der Waals surface area contributed by atoms with Crippen molar-refractivity contribution in [3.05, 3.63) is 35.3 Å². The van der Waals surface area contributed by atoms with Crippen LogP contribution in [0.4, 0.5) is 17.1 Å². The highest BCUT2D eigenvalue weighted by Gasteiger charge is 2.29. The van der Waals surface area contributed by atoms with E-state index in [2.05, 4.69) is 27.5 Å². The molecule has 0 aromatic heterocycles. The number of benzene rings is 1. The van der Waals surface area contributed by atoms with E-state index in [1.807, 2.05) is 13.8 Å². The Bertz CT molecular complexity index is 655. The van der Waals surface area contributed by atoms with Crippen LogP contribution < -0.4 is 15.6 Å². The molecule has 0 bridgehead atoms. The summed E-state index contributed by atoms with van der Waals surface area (Å²) in [6, 6.07) is 4.91. The van der Waals surface area contributed by atoms with E-state index in [9.17, 15) is 14.5 Å². The quantitative estimate of drug-likeness (QED) is 0.477. The zero-order chi connectivity index (χ0) is 17.4. The molecule has 0 aliphatic carbocycles. The van der Waals surface area contributed by atoms with Crippen LogP contribution in [0, 0.1) is 4.91 Å². The minimum Gasteiger partial charge on any atom is -0.386 e. The van der Waals surface area contributed by atoms with Gasteiger partial charge in [0.2, 0.25) is 6.41 Å². The number of hydrogen-bond acceptors (Lipinski definition) is 6. The van der Waals surface area contributed by atoms with Gasteiger partial charge in [0.15, 0.2) is 0 Å². The number of anilines is 3. The van der Waals surface area contributed by atoms with E-state index in [1.165, 1.54) is 0 Å². The molecule has 23 heavy (non-hydrogen) atoms. The van der Waals surface area contributed by atoms with Crippen LogP contribution in [0.3, 0.4) is 0 Å². The Hall–Kier alpha value is -3.03. The molecule has 1 aliphatic rings. The Balaban J connectivity index is 0.00000127. The monoisotopic (exact) mass is 317 g/mol. The number of hydrazone groups is 1. The second-order valence-corrected chi connectivity index (χ2v) is 4.17. The summed E-state index contributed by atoms with van der Waals surface area (Å²) in [5, 5.41) is 13.4. The number of amides is 2. The fourth-order valence-electron chi connectivity index (χ4n) is 1.90. The van der Waals surface area contributed by atoms with Crippen LogP contribution in [-0.4, -0.2) is 31.6 Å². The first-order chi connectivity index (χ1) is 11.1. The van der Waals surface area contributed by atoms with E-state index in [0.29, 0.717) is 23.5 Å². The van der Waals surface area contributed by atoms with Gasteiger partial charge in [-0.3, -0.25) is 9.59 Å². The fraction of sp³-hybridized carbons (Fsp3) is 0.267. The molecule has 122 valence electrons. The van der Waals surface area contributed by atoms with Crippen molar-refractivity contribution in [2.45, 2.75) is 13.8 Å². The second kappa shape index (κ2) is 8.42. The maximum absolute atomic E-state index is 12.1. The molecule has 0 fully saturated rings. The lowest BCUT2D eigenvalue weighted by Crippen LogP contribution is -2.21. The molecule has 0 saturated heterocycles. The molecule has 8 nitrogen and oxygen atoms in total. The van der Waals surface area contributed by atoms with Crippen molar-refractivity contribution in [1.82, 2.24) is 0 Å². The zero-order valence-electron chi connectivity index (χ0n) is 13.3. The summed E-state index contributed by atoms with van der Waals surface area (Å²) in [6.07, 6.45) is 0.560. The topological polar surface area (TPSA) is 103 Å². The fourth-order valence-corrected chi connectivity index (χ4v) is 1.90. The van der Waals surface area contributed by atoms with Crippen molar-refractivity contribution in [2.24, 2.45) is 10.3 Å². The SMILES string of the molecule is C=C1C(=O)N(c2ccc(NC=O)c(NC)c2)N=C1CN=O.CC. The number of carbonyl (C=O) groups excluding carboxylic acids is 2. The van der Waals surface area contributed by atoms with Crippen molar-refractivity contribution < 1.29 is 9.59 Å². The highest BCUT2D eigenvalue weighted by atomic mass is 16.3. The number of rotatable bonds is 6. The molecular formula is C15H19N5O3. The average Bonchev–Trinajstić information content (AvgIpc) is 2.86. The Labute approximate surface area is 134 Å². The van der Waals surface area contributed by atoms with Crippen LogP contribution in [0.2, 0.25) is 0 Å². The molecular weight excluding hydrogens is 298 g/mol. The Morgan fingerprint density at radius 2 is 2.04 bits per heavy atom. The van der Waals surface area contributed by atoms with Gasteiger partial charge >= 0.3 is 0 Å². The predicted octanol–water partition coefficient (Wildman–Crippen LogP) is 2.35. The molecule has 0 unspecified atom stereocenters. The van der Waals surface area contributed by atoms with Crippen LogP contribution in [0.25, 0.3) is 0 Å². The van der Waals surface area contributed by atoms with Gasteiger partial charge in [-0.1, -0.05) is 25.6 Å². The maximum atomic E-state index is 12.1. The first-order valence-electron chi connectivity index (χ1n) is 7.04. The van der Waals surface area contributed by atoms with Crippen molar-refractivity contribution in [1.29, 1.82) is 0 Å². The summed E-state index contributed by atoms with van der Waals surface area (Å²) in [4.78, 5) is 32.9. The van der Waals surface area contributed by atoms with E-state index >= 15 is 0 Å². The van der Waals surface area contributed by atoms with E-state index < -0.39 is 5.91 Å². The maximum Gasteiger partial charge on any atom is 0.280 e. The summed E-state index contributed by atoms with van der Waals surface area (Å²) in [5.74, 6) is -0.410. The van der Waals surface area contributed by atoms with Gasteiger partial charge in [-0.25, -0.2) is 0 Å². The summed E-state index contributed by atoms with van der Waals surface area (Å²) < 4.78 is 0. The minimum atomic E-state index is -0.410. The average molecular weight is 317 g/mol. The number of hydrogen-bond donors (Lipinski definition) is 2. The van der Waals surface area contributed by atoms with Crippen molar-refractivity contribution in [2.75, 3.05) is 29.2 Å². The van der Waals surface area contributed by atoms with Crippen LogP contribution in [0.5, 0.6) is 0 Å². The summed E-state index contributed by atoms with van der Waals surface area (Å²) in [6.45, 7) is 7.40. The van der Waals surface area contributed by atoms with E-state index in [0.717, 1.165) is 5.01 Å². The van der Waals surface area contributed by atoms with E-state index in [4.69, 9.17) is 0 Å². The van der Waals surface area contributed by atoms with Crippen LogP contribution in [0.15, 0.2) is 40.6 Å². The van der Waals surface area contributed by atoms with E-state index in [1.54, 1.807) is 25.2 Å². The predicted molar refractivity (Wildman–Crippen MR) is 91.7 cm³/mol. The molecule has 0 saturated carbocycles. The highest BCUT2D eigenvalue weighted by molar-refractivity contribution is 6.30. The van der Waals surface area contributed by atoms with Crippen LogP contribution >= 0.6 is 0 Å². The van der Waals surface area contributed by atoms with Gasteiger partial charge < -0.3 is 10.6 Å². The van der Waals surface area contributed by atoms with Gasteiger partial charge in [0.05, 0.1) is 28.3 Å². The summed E-state index contributed by atoms with van der Waals surface area (Å²) in [7, 11) is 1.69. The number of nitrogens with zero attached hydrogens (tertiary/aromatic N) is 3. The number of carbonyl (C=O) groups is 2. The zero-order valence-corrected chi connectivity index (χ0v) is 13.3. The molecule has 2 amide bonds. The van der Waals surface area contributed by atoms with Crippen molar-refractivity contribution in [3.63, 3.8) is 0 Å². The number of nitrogens with one attached hydrogen (secondary N) is 2. The third-order valence-corrected chi connectivity index (χ3v) is 2.97. The molecule has 1 heterocycles. The molecule has 0 spiro atoms. The van der Waals surface area contributed by atoms with Gasteiger partial charge in [0, 0.05) is 7.05 Å². The molecule has 2 rings (SSSR count). The van der Waals surface area contributed by atoms with Crippen molar-refractivity contribution >= 4 is 35.1 Å². The van der Waals surface area contributed by atoms with Gasteiger partial charge in [0.1, 0.15) is 6.54 Å². The third-order valence-electron chi connectivity index (χ3n) is 2.97. The summed E-state index contributed by atoms with van der Waals surface area (Å²) >= 11 is 0. The lowest BCUT2D eigenvalue weighted by atomic mass is 10.2. The molecule has 2 N–H and O–H groups in total. The highest BCUT2D eigenvalue weighted by Crippen LogP contribution is 2.30. The van der Waals surface area contributed by atoms with Crippen LogP contribution in [0.1, 0.15) is 13.8 Å². The molecule has 1 aromatic carbocycles. The number of nitroso groups, excluding NO2 is 1. The largest absolute Gasteiger partial charge is 0.386 e. The Morgan fingerprint density at radius 3 is 2.61 bits per heavy atom. The normalized spacial score (nSPS) is 13.0. The van der Waals surface area contributed by atoms with Crippen molar-refractivity contribution in [3.8, 4) is 0 Å². The Morgan fingerprint density at radius 1 is 1.35 bits per heavy atom. The first-order valence-corrected chi connectivity index (χ1v) is 7.04. The lowest BCUT2D eigenvalue weighted by molar-refractivity contribution is -0.114. The third kappa shape index (κ3) is 3.79. The summed E-state index contributed by atoms with van der Waals surface area (Å²) in [5.41, 5.74) is 2.07. The second-order valence-electron chi connectivity index (χ2n) is 4.17. The van der Waals surface area contributed by atoms with Crippen LogP contribution in [-0.2, 0) is 9.59 Å². The van der Waals surface area contributed by atoms with Gasteiger partial charge in [-0.15, -0.1) is 0 Å². The van der Waals surface area contributed by atoms with Gasteiger partial charge in [-0.05, 0) is 18.2 Å². The van der Waals surface area contributed by atoms with E-state index in [-0.39, 0.29) is 17.8 Å². The minimum absolute atomic E-state index is 0.149. The molecule has 1 aliphatic heterocycles. The molecule has 1 aromatic rings.